The van der Waals surface area contributed by atoms with Crippen LogP contribution in [0, 0.1) is 0 Å². The number of para-hydroxylation sites is 1. The van der Waals surface area contributed by atoms with Gasteiger partial charge in [-0.1, -0.05) is 42.5 Å². The second-order valence-electron chi connectivity index (χ2n) is 7.76. The van der Waals surface area contributed by atoms with Gasteiger partial charge in [0.2, 0.25) is 5.91 Å². The summed E-state index contributed by atoms with van der Waals surface area (Å²) < 4.78 is 10.6. The predicted molar refractivity (Wildman–Crippen MR) is 122 cm³/mol. The minimum absolute atomic E-state index is 0.0595. The van der Waals surface area contributed by atoms with E-state index >= 15 is 0 Å². The summed E-state index contributed by atoms with van der Waals surface area (Å²) in [6.45, 7) is 2.99. The number of aromatic amines is 1. The fraction of sp³-hybridized carbons (Fsp3) is 0.333. The molecular formula is C24H27N5O4. The summed E-state index contributed by atoms with van der Waals surface area (Å²) in [4.78, 5) is 32.0. The number of nitrogens with zero attached hydrogens (tertiary/aromatic N) is 3. The minimum Gasteiger partial charge on any atom is -0.493 e. The number of likely N-dealkylation sites (tertiary alicyclic amines) is 1. The lowest BCUT2D eigenvalue weighted by Crippen LogP contribution is -2.42. The molecule has 3 aromatic rings. The van der Waals surface area contributed by atoms with E-state index in [9.17, 15) is 9.59 Å². The van der Waals surface area contributed by atoms with Crippen LogP contribution in [0.3, 0.4) is 0 Å². The zero-order valence-corrected chi connectivity index (χ0v) is 18.7. The Kier molecular flexibility index (Phi) is 6.99. The van der Waals surface area contributed by atoms with E-state index in [1.165, 1.54) is 7.11 Å². The second kappa shape index (κ2) is 10.3. The third-order valence-corrected chi connectivity index (χ3v) is 5.53. The van der Waals surface area contributed by atoms with Gasteiger partial charge in [0.25, 0.3) is 5.91 Å². The van der Waals surface area contributed by atoms with Gasteiger partial charge in [-0.25, -0.2) is 4.98 Å². The lowest BCUT2D eigenvalue weighted by molar-refractivity contribution is -0.125. The van der Waals surface area contributed by atoms with Crippen LogP contribution in [-0.2, 0) is 9.53 Å². The van der Waals surface area contributed by atoms with Gasteiger partial charge < -0.3 is 19.7 Å². The lowest BCUT2D eigenvalue weighted by Gasteiger charge is -2.18. The largest absolute Gasteiger partial charge is 0.493 e. The van der Waals surface area contributed by atoms with E-state index in [1.54, 1.807) is 17.0 Å². The van der Waals surface area contributed by atoms with Crippen LogP contribution in [0.4, 0.5) is 0 Å². The van der Waals surface area contributed by atoms with Crippen molar-refractivity contribution in [1.82, 2.24) is 25.4 Å². The van der Waals surface area contributed by atoms with Gasteiger partial charge in [0.15, 0.2) is 5.82 Å². The summed E-state index contributed by atoms with van der Waals surface area (Å²) >= 11 is 0. The Morgan fingerprint density at radius 3 is 2.64 bits per heavy atom. The Bertz CT molecular complexity index is 1100. The molecule has 9 nitrogen and oxygen atoms in total. The van der Waals surface area contributed by atoms with E-state index in [0.717, 1.165) is 5.56 Å². The maximum Gasteiger partial charge on any atom is 0.257 e. The van der Waals surface area contributed by atoms with Crippen LogP contribution in [0.1, 0.15) is 29.0 Å². The van der Waals surface area contributed by atoms with E-state index in [2.05, 4.69) is 20.5 Å². The second-order valence-corrected chi connectivity index (χ2v) is 7.76. The fourth-order valence-corrected chi connectivity index (χ4v) is 4.02. The Morgan fingerprint density at radius 1 is 1.12 bits per heavy atom. The molecule has 0 bridgehead atoms. The first-order chi connectivity index (χ1) is 16.1. The summed E-state index contributed by atoms with van der Waals surface area (Å²) in [6, 6.07) is 16.5. The molecule has 1 aliphatic heterocycles. The molecule has 2 N–H and O–H groups in total. The molecule has 2 aromatic carbocycles. The molecule has 0 unspecified atom stereocenters. The van der Waals surface area contributed by atoms with Gasteiger partial charge in [0.1, 0.15) is 18.2 Å². The van der Waals surface area contributed by atoms with E-state index in [-0.39, 0.29) is 30.4 Å². The van der Waals surface area contributed by atoms with Gasteiger partial charge in [0, 0.05) is 25.8 Å². The van der Waals surface area contributed by atoms with Crippen LogP contribution in [0.25, 0.3) is 11.4 Å². The van der Waals surface area contributed by atoms with Crippen LogP contribution in [0.2, 0.25) is 0 Å². The van der Waals surface area contributed by atoms with Gasteiger partial charge in [-0.15, -0.1) is 0 Å². The monoisotopic (exact) mass is 449 g/mol. The highest BCUT2D eigenvalue weighted by molar-refractivity contribution is 5.97. The molecule has 0 aliphatic carbocycles. The molecule has 2 heterocycles. The van der Waals surface area contributed by atoms with Crippen molar-refractivity contribution in [3.8, 4) is 17.1 Å². The summed E-state index contributed by atoms with van der Waals surface area (Å²) in [5.74, 6) is 1.07. The molecule has 2 amide bonds. The number of nitrogens with one attached hydrogen (secondary N) is 2. The van der Waals surface area contributed by atoms with Gasteiger partial charge in [-0.05, 0) is 19.1 Å². The fourth-order valence-electron chi connectivity index (χ4n) is 4.02. The number of H-pyrrole nitrogens is 1. The Hall–Kier alpha value is -3.72. The SMILES string of the molecule is CCOc1ccccc1C(=O)N1C[C@@H](NC(=O)COC)[C@H](c2nc(-c3ccccc3)n[nH]2)C1. The van der Waals surface area contributed by atoms with E-state index in [1.807, 2.05) is 49.4 Å². The number of carbonyl (C=O) groups is 2. The standard InChI is InChI=1S/C24H27N5O4/c1-3-33-20-12-8-7-11-17(20)24(31)29-13-18(19(14-29)25-21(30)15-32-2)23-26-22(27-28-23)16-9-5-4-6-10-16/h4-12,18-19H,3,13-15H2,1-2H3,(H,25,30)(H,26,27,28)/t18-,19-/m1/s1. The third-order valence-electron chi connectivity index (χ3n) is 5.53. The van der Waals surface area contributed by atoms with Crippen molar-refractivity contribution < 1.29 is 19.1 Å². The van der Waals surface area contributed by atoms with E-state index in [4.69, 9.17) is 9.47 Å². The maximum absolute atomic E-state index is 13.4. The van der Waals surface area contributed by atoms with Gasteiger partial charge in [-0.2, -0.15) is 5.10 Å². The van der Waals surface area contributed by atoms with Crippen molar-refractivity contribution in [3.05, 3.63) is 66.0 Å². The molecule has 172 valence electrons. The topological polar surface area (TPSA) is 109 Å². The van der Waals surface area contributed by atoms with E-state index < -0.39 is 0 Å². The summed E-state index contributed by atoms with van der Waals surface area (Å²) in [6.07, 6.45) is 0. The molecule has 1 aliphatic rings. The Labute approximate surface area is 192 Å². The highest BCUT2D eigenvalue weighted by Gasteiger charge is 2.39. The quantitative estimate of drug-likeness (QED) is 0.546. The predicted octanol–water partition coefficient (Wildman–Crippen LogP) is 2.24. The van der Waals surface area contributed by atoms with Crippen molar-refractivity contribution in [3.63, 3.8) is 0 Å². The van der Waals surface area contributed by atoms with E-state index in [0.29, 0.717) is 42.7 Å². The molecule has 0 saturated carbocycles. The number of benzene rings is 2. The normalized spacial score (nSPS) is 17.7. The van der Waals surface area contributed by atoms with Crippen molar-refractivity contribution >= 4 is 11.8 Å². The summed E-state index contributed by atoms with van der Waals surface area (Å²) in [5.41, 5.74) is 1.38. The van der Waals surface area contributed by atoms with Gasteiger partial charge in [0.05, 0.1) is 24.1 Å². The first-order valence-corrected chi connectivity index (χ1v) is 10.9. The number of methoxy groups -OCH3 is 1. The van der Waals surface area contributed by atoms with Crippen LogP contribution in [0.15, 0.2) is 54.6 Å². The number of rotatable bonds is 8. The molecule has 9 heteroatoms. The average molecular weight is 450 g/mol. The van der Waals surface area contributed by atoms with Crippen molar-refractivity contribution in [2.24, 2.45) is 0 Å². The number of hydrogen-bond donors (Lipinski definition) is 2. The average Bonchev–Trinajstić information content (AvgIpc) is 3.47. The van der Waals surface area contributed by atoms with Crippen LogP contribution >= 0.6 is 0 Å². The molecular weight excluding hydrogens is 422 g/mol. The first-order valence-electron chi connectivity index (χ1n) is 10.9. The highest BCUT2D eigenvalue weighted by Crippen LogP contribution is 2.30. The number of aromatic nitrogens is 3. The highest BCUT2D eigenvalue weighted by atomic mass is 16.5. The van der Waals surface area contributed by atoms with Crippen molar-refractivity contribution in [2.75, 3.05) is 33.4 Å². The van der Waals surface area contributed by atoms with Crippen molar-refractivity contribution in [2.45, 2.75) is 18.9 Å². The van der Waals surface area contributed by atoms with Crippen LogP contribution < -0.4 is 10.1 Å². The van der Waals surface area contributed by atoms with Gasteiger partial charge >= 0.3 is 0 Å². The molecule has 4 rings (SSSR count). The molecule has 2 atom stereocenters. The maximum atomic E-state index is 13.4. The summed E-state index contributed by atoms with van der Waals surface area (Å²) in [7, 11) is 1.47. The zero-order valence-electron chi connectivity index (χ0n) is 18.7. The summed E-state index contributed by atoms with van der Waals surface area (Å²) in [5, 5.41) is 10.3. The smallest absolute Gasteiger partial charge is 0.257 e. The number of amides is 2. The molecule has 1 saturated heterocycles. The Balaban J connectivity index is 1.59. The lowest BCUT2D eigenvalue weighted by atomic mass is 10.0. The number of carbonyl (C=O) groups excluding carboxylic acids is 2. The van der Waals surface area contributed by atoms with Gasteiger partial charge in [-0.3, -0.25) is 14.7 Å². The van der Waals surface area contributed by atoms with Crippen LogP contribution in [-0.4, -0.2) is 71.4 Å². The zero-order chi connectivity index (χ0) is 23.2. The number of hydrogen-bond acceptors (Lipinski definition) is 6. The van der Waals surface area contributed by atoms with Crippen LogP contribution in [0.5, 0.6) is 5.75 Å². The van der Waals surface area contributed by atoms with Crippen molar-refractivity contribution in [1.29, 1.82) is 0 Å². The molecule has 1 aromatic heterocycles. The Morgan fingerprint density at radius 2 is 1.88 bits per heavy atom. The first kappa shape index (κ1) is 22.5. The molecule has 0 spiro atoms. The number of ether oxygens (including phenoxy) is 2. The minimum atomic E-state index is -0.340. The molecule has 0 radical (unpaired) electrons. The molecule has 33 heavy (non-hydrogen) atoms. The molecule has 1 fully saturated rings. The third kappa shape index (κ3) is 5.04.